The minimum Gasteiger partial charge on any atom is -0.490 e. The molecule has 3 rings (SSSR count). The lowest BCUT2D eigenvalue weighted by atomic mass is 10.1. The molecule has 0 atom stereocenters. The average molecular weight is 260 g/mol. The van der Waals surface area contributed by atoms with Gasteiger partial charge in [0.15, 0.2) is 17.3 Å². The number of hydrogen-bond acceptors (Lipinski definition) is 5. The molecular weight excluding hydrogens is 244 g/mol. The highest BCUT2D eigenvalue weighted by molar-refractivity contribution is 5.62. The van der Waals surface area contributed by atoms with Crippen molar-refractivity contribution in [1.82, 2.24) is 5.16 Å². The average Bonchev–Trinajstić information content (AvgIpc) is 2.76. The third-order valence-electron chi connectivity index (χ3n) is 2.99. The summed E-state index contributed by atoms with van der Waals surface area (Å²) in [6, 6.07) is 7.68. The molecule has 0 spiro atoms. The van der Waals surface area contributed by atoms with Crippen molar-refractivity contribution in [2.24, 2.45) is 5.73 Å². The first kappa shape index (κ1) is 12.0. The zero-order valence-corrected chi connectivity index (χ0v) is 10.6. The van der Waals surface area contributed by atoms with Crippen LogP contribution in [0.2, 0.25) is 0 Å². The monoisotopic (exact) mass is 260 g/mol. The fourth-order valence-corrected chi connectivity index (χ4v) is 2.03. The number of nitrogens with zero attached hydrogens (tertiary/aromatic N) is 1. The maximum Gasteiger partial charge on any atom is 0.167 e. The van der Waals surface area contributed by atoms with Gasteiger partial charge in [-0.25, -0.2) is 0 Å². The van der Waals surface area contributed by atoms with E-state index in [1.165, 1.54) is 0 Å². The lowest BCUT2D eigenvalue weighted by Crippen LogP contribution is -2.02. The van der Waals surface area contributed by atoms with E-state index in [4.69, 9.17) is 19.7 Å². The van der Waals surface area contributed by atoms with Crippen LogP contribution in [0.5, 0.6) is 11.5 Å². The van der Waals surface area contributed by atoms with Crippen LogP contribution in [0.1, 0.15) is 12.1 Å². The number of benzene rings is 1. The summed E-state index contributed by atoms with van der Waals surface area (Å²) in [5.74, 6) is 2.26. The molecule has 0 amide bonds. The first-order valence-corrected chi connectivity index (χ1v) is 6.42. The van der Waals surface area contributed by atoms with Crippen molar-refractivity contribution >= 4 is 0 Å². The Labute approximate surface area is 111 Å². The maximum atomic E-state index is 5.66. The van der Waals surface area contributed by atoms with Crippen LogP contribution in [-0.2, 0) is 6.42 Å². The molecule has 5 heteroatoms. The topological polar surface area (TPSA) is 70.5 Å². The van der Waals surface area contributed by atoms with Gasteiger partial charge in [-0.1, -0.05) is 5.16 Å². The van der Waals surface area contributed by atoms with Crippen LogP contribution in [0.3, 0.4) is 0 Å². The van der Waals surface area contributed by atoms with Gasteiger partial charge in [0.05, 0.1) is 18.9 Å². The molecule has 100 valence electrons. The van der Waals surface area contributed by atoms with Crippen LogP contribution in [0.4, 0.5) is 0 Å². The second-order valence-electron chi connectivity index (χ2n) is 4.43. The lowest BCUT2D eigenvalue weighted by molar-refractivity contribution is 0.297. The van der Waals surface area contributed by atoms with Crippen molar-refractivity contribution in [2.75, 3.05) is 19.8 Å². The van der Waals surface area contributed by atoms with Gasteiger partial charge in [-0.15, -0.1) is 0 Å². The standard InChI is InChI=1S/C14H16N2O3/c15-5-4-11-9-13(19-16-11)10-2-3-12-14(8-10)18-7-1-6-17-12/h2-3,8-9H,1,4-7,15H2. The Morgan fingerprint density at radius 1 is 1.11 bits per heavy atom. The molecule has 1 aliphatic heterocycles. The second-order valence-corrected chi connectivity index (χ2v) is 4.43. The molecule has 19 heavy (non-hydrogen) atoms. The fourth-order valence-electron chi connectivity index (χ4n) is 2.03. The van der Waals surface area contributed by atoms with Gasteiger partial charge in [-0.05, 0) is 24.7 Å². The Hall–Kier alpha value is -2.01. The number of rotatable bonds is 3. The fraction of sp³-hybridized carbons (Fsp3) is 0.357. The minimum absolute atomic E-state index is 0.563. The predicted molar refractivity (Wildman–Crippen MR) is 70.3 cm³/mol. The summed E-state index contributed by atoms with van der Waals surface area (Å²) >= 11 is 0. The van der Waals surface area contributed by atoms with E-state index in [1.54, 1.807) is 0 Å². The largest absolute Gasteiger partial charge is 0.490 e. The van der Waals surface area contributed by atoms with Crippen molar-refractivity contribution in [3.8, 4) is 22.8 Å². The third-order valence-corrected chi connectivity index (χ3v) is 2.99. The van der Waals surface area contributed by atoms with Gasteiger partial charge < -0.3 is 19.7 Å². The van der Waals surface area contributed by atoms with Gasteiger partial charge in [-0.2, -0.15) is 0 Å². The number of aromatic nitrogens is 1. The zero-order chi connectivity index (χ0) is 13.1. The number of ether oxygens (including phenoxy) is 2. The highest BCUT2D eigenvalue weighted by atomic mass is 16.5. The van der Waals surface area contributed by atoms with Crippen LogP contribution in [0, 0.1) is 0 Å². The van der Waals surface area contributed by atoms with Gasteiger partial charge in [0, 0.05) is 24.5 Å². The summed E-state index contributed by atoms with van der Waals surface area (Å²) in [6.07, 6.45) is 1.61. The summed E-state index contributed by atoms with van der Waals surface area (Å²) in [7, 11) is 0. The van der Waals surface area contributed by atoms with Crippen LogP contribution in [0.25, 0.3) is 11.3 Å². The Kier molecular flexibility index (Phi) is 3.37. The Morgan fingerprint density at radius 2 is 1.95 bits per heavy atom. The molecule has 0 fully saturated rings. The molecule has 0 aliphatic carbocycles. The summed E-state index contributed by atoms with van der Waals surface area (Å²) in [4.78, 5) is 0. The molecule has 0 radical (unpaired) electrons. The first-order valence-electron chi connectivity index (χ1n) is 6.42. The maximum absolute atomic E-state index is 5.66. The summed E-state index contributed by atoms with van der Waals surface area (Å²) < 4.78 is 16.6. The molecule has 0 saturated carbocycles. The molecule has 5 nitrogen and oxygen atoms in total. The molecule has 0 unspecified atom stereocenters. The van der Waals surface area contributed by atoms with Crippen LogP contribution in [-0.4, -0.2) is 24.9 Å². The van der Waals surface area contributed by atoms with E-state index in [-0.39, 0.29) is 0 Å². The van der Waals surface area contributed by atoms with E-state index < -0.39 is 0 Å². The minimum atomic E-state index is 0.563. The molecule has 0 bridgehead atoms. The Morgan fingerprint density at radius 3 is 2.79 bits per heavy atom. The molecular formula is C14H16N2O3. The van der Waals surface area contributed by atoms with Crippen LogP contribution < -0.4 is 15.2 Å². The Balaban J connectivity index is 1.89. The van der Waals surface area contributed by atoms with E-state index in [9.17, 15) is 0 Å². The molecule has 0 saturated heterocycles. The van der Waals surface area contributed by atoms with Crippen LogP contribution >= 0.6 is 0 Å². The van der Waals surface area contributed by atoms with Gasteiger partial charge in [-0.3, -0.25) is 0 Å². The van der Waals surface area contributed by atoms with Crippen LogP contribution in [0.15, 0.2) is 28.8 Å². The SMILES string of the molecule is NCCc1cc(-c2ccc3c(c2)OCCCO3)on1. The lowest BCUT2D eigenvalue weighted by Gasteiger charge is -2.07. The van der Waals surface area contributed by atoms with Crippen molar-refractivity contribution < 1.29 is 14.0 Å². The van der Waals surface area contributed by atoms with Gasteiger partial charge in [0.1, 0.15) is 0 Å². The van der Waals surface area contributed by atoms with E-state index in [2.05, 4.69) is 5.16 Å². The molecule has 2 aromatic rings. The van der Waals surface area contributed by atoms with Crippen molar-refractivity contribution in [1.29, 1.82) is 0 Å². The Bertz CT molecular complexity index is 566. The van der Waals surface area contributed by atoms with Gasteiger partial charge in [0.25, 0.3) is 0 Å². The van der Waals surface area contributed by atoms with E-state index in [0.29, 0.717) is 26.2 Å². The predicted octanol–water partition coefficient (Wildman–Crippen LogP) is 2.00. The van der Waals surface area contributed by atoms with E-state index >= 15 is 0 Å². The smallest absolute Gasteiger partial charge is 0.167 e. The summed E-state index contributed by atoms with van der Waals surface area (Å²) in [6.45, 7) is 1.92. The normalized spacial score (nSPS) is 14.2. The second kappa shape index (κ2) is 5.32. The quantitative estimate of drug-likeness (QED) is 0.914. The number of nitrogens with two attached hydrogens (primary N) is 1. The van der Waals surface area contributed by atoms with E-state index in [0.717, 1.165) is 34.9 Å². The van der Waals surface area contributed by atoms with Crippen molar-refractivity contribution in [3.05, 3.63) is 30.0 Å². The molecule has 1 aromatic carbocycles. The molecule has 2 heterocycles. The van der Waals surface area contributed by atoms with Gasteiger partial charge >= 0.3 is 0 Å². The molecule has 1 aliphatic rings. The summed E-state index contributed by atoms with van der Waals surface area (Å²) in [5.41, 5.74) is 7.29. The third kappa shape index (κ3) is 2.56. The zero-order valence-electron chi connectivity index (χ0n) is 10.6. The summed E-state index contributed by atoms with van der Waals surface area (Å²) in [5, 5.41) is 3.99. The number of hydrogen-bond donors (Lipinski definition) is 1. The molecule has 2 N–H and O–H groups in total. The molecule has 1 aromatic heterocycles. The van der Waals surface area contributed by atoms with Crippen molar-refractivity contribution in [3.63, 3.8) is 0 Å². The van der Waals surface area contributed by atoms with Gasteiger partial charge in [0.2, 0.25) is 0 Å². The highest BCUT2D eigenvalue weighted by Gasteiger charge is 2.13. The van der Waals surface area contributed by atoms with Crippen molar-refractivity contribution in [2.45, 2.75) is 12.8 Å². The number of fused-ring (bicyclic) bond motifs is 1. The first-order chi connectivity index (χ1) is 9.36. The highest BCUT2D eigenvalue weighted by Crippen LogP contribution is 2.34. The van der Waals surface area contributed by atoms with E-state index in [1.807, 2.05) is 24.3 Å².